The molecular formula is C17H18F2N2O5S. The van der Waals surface area contributed by atoms with Crippen LogP contribution in [0.4, 0.5) is 14.5 Å². The minimum Gasteiger partial charge on any atom is -0.493 e. The molecule has 10 heteroatoms. The van der Waals surface area contributed by atoms with Gasteiger partial charge in [-0.15, -0.1) is 0 Å². The third kappa shape index (κ3) is 4.92. The average molecular weight is 400 g/mol. The second kappa shape index (κ2) is 8.31. The van der Waals surface area contributed by atoms with Gasteiger partial charge >= 0.3 is 6.61 Å². The molecule has 2 aromatic carbocycles. The SMILES string of the molecule is COc1cc(C(=O)Nc2cccc(S(=O)(=O)N(C)C)c2)ccc1OC(F)F. The van der Waals surface area contributed by atoms with E-state index in [0.717, 1.165) is 4.31 Å². The van der Waals surface area contributed by atoms with Gasteiger partial charge in [0.15, 0.2) is 11.5 Å². The quantitative estimate of drug-likeness (QED) is 0.773. The Bertz CT molecular complexity index is 933. The zero-order valence-corrected chi connectivity index (χ0v) is 15.6. The van der Waals surface area contributed by atoms with Crippen LogP contribution >= 0.6 is 0 Å². The van der Waals surface area contributed by atoms with Crippen LogP contribution in [0.3, 0.4) is 0 Å². The van der Waals surface area contributed by atoms with E-state index in [0.29, 0.717) is 0 Å². The van der Waals surface area contributed by atoms with Crippen LogP contribution in [0.25, 0.3) is 0 Å². The lowest BCUT2D eigenvalue weighted by atomic mass is 10.2. The summed E-state index contributed by atoms with van der Waals surface area (Å²) in [5.74, 6) is -0.814. The molecule has 7 nitrogen and oxygen atoms in total. The van der Waals surface area contributed by atoms with E-state index in [4.69, 9.17) is 4.74 Å². The van der Waals surface area contributed by atoms with Gasteiger partial charge in [0.25, 0.3) is 5.91 Å². The average Bonchev–Trinajstić information content (AvgIpc) is 2.61. The van der Waals surface area contributed by atoms with Gasteiger partial charge in [-0.2, -0.15) is 8.78 Å². The van der Waals surface area contributed by atoms with E-state index in [2.05, 4.69) is 10.1 Å². The highest BCUT2D eigenvalue weighted by atomic mass is 32.2. The van der Waals surface area contributed by atoms with E-state index in [9.17, 15) is 22.0 Å². The molecule has 0 bridgehead atoms. The number of halogens is 2. The number of sulfonamides is 1. The third-order valence-electron chi connectivity index (χ3n) is 3.51. The summed E-state index contributed by atoms with van der Waals surface area (Å²) in [5.41, 5.74) is 0.379. The molecule has 0 saturated heterocycles. The van der Waals surface area contributed by atoms with Gasteiger partial charge in [0.1, 0.15) is 0 Å². The summed E-state index contributed by atoms with van der Waals surface area (Å²) in [6.45, 7) is -3.03. The van der Waals surface area contributed by atoms with Crippen molar-refractivity contribution in [2.45, 2.75) is 11.5 Å². The number of nitrogens with zero attached hydrogens (tertiary/aromatic N) is 1. The topological polar surface area (TPSA) is 84.9 Å². The van der Waals surface area contributed by atoms with E-state index in [-0.39, 0.29) is 27.6 Å². The predicted molar refractivity (Wildman–Crippen MR) is 94.9 cm³/mol. The zero-order valence-electron chi connectivity index (χ0n) is 14.8. The molecule has 0 aromatic heterocycles. The Kier molecular flexibility index (Phi) is 6.34. The lowest BCUT2D eigenvalue weighted by Gasteiger charge is -2.13. The fourth-order valence-corrected chi connectivity index (χ4v) is 3.10. The van der Waals surface area contributed by atoms with Gasteiger partial charge in [-0.25, -0.2) is 12.7 Å². The summed E-state index contributed by atoms with van der Waals surface area (Å²) >= 11 is 0. The van der Waals surface area contributed by atoms with Crippen molar-refractivity contribution in [2.24, 2.45) is 0 Å². The molecule has 0 aliphatic heterocycles. The first-order valence-electron chi connectivity index (χ1n) is 7.62. The van der Waals surface area contributed by atoms with Crippen molar-refractivity contribution in [1.29, 1.82) is 0 Å². The molecule has 0 saturated carbocycles. The largest absolute Gasteiger partial charge is 0.493 e. The molecule has 1 N–H and O–H groups in total. The van der Waals surface area contributed by atoms with Gasteiger partial charge < -0.3 is 14.8 Å². The summed E-state index contributed by atoms with van der Waals surface area (Å²) in [5, 5.41) is 2.55. The van der Waals surface area contributed by atoms with E-state index < -0.39 is 22.5 Å². The molecule has 2 rings (SSSR count). The molecule has 0 atom stereocenters. The molecule has 27 heavy (non-hydrogen) atoms. The molecule has 1 amide bonds. The highest BCUT2D eigenvalue weighted by Crippen LogP contribution is 2.30. The number of benzene rings is 2. The summed E-state index contributed by atoms with van der Waals surface area (Å²) in [7, 11) is 0.399. The van der Waals surface area contributed by atoms with Crippen molar-refractivity contribution in [3.8, 4) is 11.5 Å². The van der Waals surface area contributed by atoms with Crippen LogP contribution in [0.5, 0.6) is 11.5 Å². The fourth-order valence-electron chi connectivity index (χ4n) is 2.15. The van der Waals surface area contributed by atoms with Crippen molar-refractivity contribution < 1.29 is 31.5 Å². The summed E-state index contributed by atoms with van der Waals surface area (Å²) < 4.78 is 59.4. The highest BCUT2D eigenvalue weighted by Gasteiger charge is 2.18. The fraction of sp³-hybridized carbons (Fsp3) is 0.235. The van der Waals surface area contributed by atoms with Crippen LogP contribution in [0.15, 0.2) is 47.4 Å². The van der Waals surface area contributed by atoms with Gasteiger partial charge in [-0.05, 0) is 36.4 Å². The van der Waals surface area contributed by atoms with E-state index in [1.54, 1.807) is 0 Å². The minimum absolute atomic E-state index is 0.0172. The third-order valence-corrected chi connectivity index (χ3v) is 5.32. The molecule has 0 spiro atoms. The Labute approximate surface area is 155 Å². The Balaban J connectivity index is 2.25. The van der Waals surface area contributed by atoms with Crippen molar-refractivity contribution >= 4 is 21.6 Å². The molecule has 0 heterocycles. The van der Waals surface area contributed by atoms with Gasteiger partial charge in [-0.3, -0.25) is 4.79 Å². The second-order valence-corrected chi connectivity index (χ2v) is 7.67. The van der Waals surface area contributed by atoms with Gasteiger partial charge in [-0.1, -0.05) is 6.07 Å². The van der Waals surface area contributed by atoms with Crippen molar-refractivity contribution in [2.75, 3.05) is 26.5 Å². The number of methoxy groups -OCH3 is 1. The van der Waals surface area contributed by atoms with Crippen LogP contribution in [0.2, 0.25) is 0 Å². The summed E-state index contributed by atoms with van der Waals surface area (Å²) in [6.07, 6.45) is 0. The lowest BCUT2D eigenvalue weighted by Crippen LogP contribution is -2.22. The Morgan fingerprint density at radius 2 is 1.81 bits per heavy atom. The summed E-state index contributed by atoms with van der Waals surface area (Å²) in [4.78, 5) is 12.4. The predicted octanol–water partition coefficient (Wildman–Crippen LogP) is 2.80. The monoisotopic (exact) mass is 400 g/mol. The standard InChI is InChI=1S/C17H18F2N2O5S/c1-21(2)27(23,24)13-6-4-5-12(10-13)20-16(22)11-7-8-14(26-17(18)19)15(9-11)25-3/h4-10,17H,1-3H3,(H,20,22). The number of ether oxygens (including phenoxy) is 2. The minimum atomic E-state index is -3.65. The highest BCUT2D eigenvalue weighted by molar-refractivity contribution is 7.89. The number of carbonyl (C=O) groups is 1. The first kappa shape index (κ1) is 20.6. The number of anilines is 1. The van der Waals surface area contributed by atoms with Gasteiger partial charge in [0.2, 0.25) is 10.0 Å². The molecule has 0 aliphatic carbocycles. The zero-order chi connectivity index (χ0) is 20.2. The van der Waals surface area contributed by atoms with Crippen molar-refractivity contribution in [3.05, 3.63) is 48.0 Å². The lowest BCUT2D eigenvalue weighted by molar-refractivity contribution is -0.0512. The number of alkyl halides is 2. The Hall–Kier alpha value is -2.72. The number of carbonyl (C=O) groups excluding carboxylic acids is 1. The van der Waals surface area contributed by atoms with E-state index >= 15 is 0 Å². The number of rotatable bonds is 7. The van der Waals surface area contributed by atoms with Crippen LogP contribution in [0.1, 0.15) is 10.4 Å². The first-order valence-corrected chi connectivity index (χ1v) is 9.06. The number of amides is 1. The van der Waals surface area contributed by atoms with Gasteiger partial charge in [0, 0.05) is 25.3 Å². The molecular weight excluding hydrogens is 382 g/mol. The Morgan fingerprint density at radius 1 is 1.11 bits per heavy atom. The van der Waals surface area contributed by atoms with Gasteiger partial charge in [0.05, 0.1) is 12.0 Å². The summed E-state index contributed by atoms with van der Waals surface area (Å²) in [6, 6.07) is 9.46. The first-order chi connectivity index (χ1) is 12.6. The maximum absolute atomic E-state index is 12.4. The van der Waals surface area contributed by atoms with E-state index in [1.165, 1.54) is 63.7 Å². The second-order valence-electron chi connectivity index (χ2n) is 5.51. The number of hydrogen-bond donors (Lipinski definition) is 1. The number of hydrogen-bond acceptors (Lipinski definition) is 5. The number of nitrogens with one attached hydrogen (secondary N) is 1. The van der Waals surface area contributed by atoms with Crippen molar-refractivity contribution in [3.63, 3.8) is 0 Å². The Morgan fingerprint density at radius 3 is 2.41 bits per heavy atom. The molecule has 0 radical (unpaired) electrons. The molecule has 146 valence electrons. The smallest absolute Gasteiger partial charge is 0.387 e. The maximum Gasteiger partial charge on any atom is 0.387 e. The molecule has 2 aromatic rings. The van der Waals surface area contributed by atoms with Crippen LogP contribution in [-0.2, 0) is 10.0 Å². The maximum atomic E-state index is 12.4. The molecule has 0 fully saturated rings. The molecule has 0 aliphatic rings. The van der Waals surface area contributed by atoms with Crippen molar-refractivity contribution in [1.82, 2.24) is 4.31 Å². The normalized spacial score (nSPS) is 11.5. The van der Waals surface area contributed by atoms with Crippen LogP contribution < -0.4 is 14.8 Å². The van der Waals surface area contributed by atoms with E-state index in [1.807, 2.05) is 0 Å². The van der Waals surface area contributed by atoms with Crippen LogP contribution in [-0.4, -0.2) is 46.4 Å². The molecule has 0 unspecified atom stereocenters. The van der Waals surface area contributed by atoms with Crippen LogP contribution in [0, 0.1) is 0 Å².